The van der Waals surface area contributed by atoms with E-state index in [1.54, 1.807) is 40.5 Å². The molecule has 4 nitrogen and oxygen atoms in total. The Morgan fingerprint density at radius 3 is 2.42 bits per heavy atom. The van der Waals surface area contributed by atoms with Crippen molar-refractivity contribution in [1.82, 2.24) is 14.3 Å². The topological polar surface area (TPSA) is 39.8 Å². The van der Waals surface area contributed by atoms with Crippen LogP contribution in [0.15, 0.2) is 48.0 Å². The molecule has 0 fully saturated rings. The zero-order valence-electron chi connectivity index (χ0n) is 6.29. The summed E-state index contributed by atoms with van der Waals surface area (Å²) < 4.78 is 3.52. The maximum atomic E-state index is 10.8. The second-order valence-electron chi connectivity index (χ2n) is 2.36. The quantitative estimate of drug-likeness (QED) is 0.605. The van der Waals surface area contributed by atoms with E-state index >= 15 is 0 Å². The van der Waals surface area contributed by atoms with Crippen molar-refractivity contribution < 1.29 is 0 Å². The Morgan fingerprint density at radius 1 is 1.08 bits per heavy atom. The molecule has 4 heteroatoms. The van der Waals surface area contributed by atoms with Gasteiger partial charge in [0.2, 0.25) is 0 Å². The van der Waals surface area contributed by atoms with Gasteiger partial charge in [-0.2, -0.15) is 0 Å². The summed E-state index contributed by atoms with van der Waals surface area (Å²) in [4.78, 5) is 14.6. The Kier molecular flexibility index (Phi) is 1.51. The highest BCUT2D eigenvalue weighted by Gasteiger charge is 1.88. The minimum absolute atomic E-state index is 0.00589. The van der Waals surface area contributed by atoms with Crippen molar-refractivity contribution in [2.75, 3.05) is 0 Å². The summed E-state index contributed by atoms with van der Waals surface area (Å²) in [5.74, 6) is 0. The van der Waals surface area contributed by atoms with E-state index in [0.717, 1.165) is 0 Å². The number of nitrogens with zero attached hydrogens (tertiary/aromatic N) is 3. The molecule has 2 aromatic rings. The van der Waals surface area contributed by atoms with E-state index in [4.69, 9.17) is 0 Å². The highest BCUT2D eigenvalue weighted by molar-refractivity contribution is 4.94. The van der Waals surface area contributed by atoms with Crippen LogP contribution in [0.5, 0.6) is 0 Å². The van der Waals surface area contributed by atoms with E-state index in [1.165, 1.54) is 12.1 Å². The Hall–Kier alpha value is -1.84. The first-order chi connectivity index (χ1) is 5.86. The molecular formula is C8H7N3O. The number of rotatable bonds is 1. The van der Waals surface area contributed by atoms with Crippen molar-refractivity contribution in [3.8, 4) is 0 Å². The molecule has 0 N–H and O–H groups in total. The predicted molar refractivity (Wildman–Crippen MR) is 43.7 cm³/mol. The van der Waals surface area contributed by atoms with Crippen LogP contribution in [-0.4, -0.2) is 14.3 Å². The highest BCUT2D eigenvalue weighted by atomic mass is 16.1. The number of hydrogen-bond acceptors (Lipinski definition) is 2. The van der Waals surface area contributed by atoms with Gasteiger partial charge in [0, 0.05) is 36.9 Å². The van der Waals surface area contributed by atoms with Crippen molar-refractivity contribution >= 4 is 0 Å². The number of pyridine rings is 1. The monoisotopic (exact) mass is 161 g/mol. The van der Waals surface area contributed by atoms with Gasteiger partial charge in [-0.3, -0.25) is 9.47 Å². The Balaban J connectivity index is 2.49. The smallest absolute Gasteiger partial charge is 0.181 e. The predicted octanol–water partition coefficient (Wildman–Crippen LogP) is 0.356. The lowest BCUT2D eigenvalue weighted by atomic mass is 10.5. The Labute approximate surface area is 68.7 Å². The first-order valence-corrected chi connectivity index (χ1v) is 3.53. The summed E-state index contributed by atoms with van der Waals surface area (Å²) >= 11 is 0. The van der Waals surface area contributed by atoms with Gasteiger partial charge in [-0.15, -0.1) is 0 Å². The third-order valence-corrected chi connectivity index (χ3v) is 1.54. The van der Waals surface area contributed by atoms with Crippen LogP contribution in [0.4, 0.5) is 0 Å². The van der Waals surface area contributed by atoms with E-state index in [9.17, 15) is 4.79 Å². The lowest BCUT2D eigenvalue weighted by Gasteiger charge is -2.04. The molecular weight excluding hydrogens is 154 g/mol. The normalized spacial score (nSPS) is 10.0. The van der Waals surface area contributed by atoms with Gasteiger partial charge in [-0.25, -0.2) is 9.66 Å². The molecule has 0 spiro atoms. The largest absolute Gasteiger partial charge is 0.290 e. The number of imidazole rings is 1. The first kappa shape index (κ1) is 6.84. The number of aromatic nitrogens is 3. The van der Waals surface area contributed by atoms with E-state index in [2.05, 4.69) is 4.98 Å². The molecule has 2 aromatic heterocycles. The van der Waals surface area contributed by atoms with Crippen LogP contribution in [0, 0.1) is 0 Å². The van der Waals surface area contributed by atoms with Crippen LogP contribution in [0.2, 0.25) is 0 Å². The maximum absolute atomic E-state index is 10.8. The van der Waals surface area contributed by atoms with Gasteiger partial charge in [-0.1, -0.05) is 0 Å². The summed E-state index contributed by atoms with van der Waals surface area (Å²) in [6, 6.07) is 3.00. The van der Waals surface area contributed by atoms with E-state index in [1.807, 2.05) is 0 Å². The molecule has 2 heterocycles. The fourth-order valence-corrected chi connectivity index (χ4v) is 0.948. The summed E-state index contributed by atoms with van der Waals surface area (Å²) in [5.41, 5.74) is 0.00589. The molecule has 0 atom stereocenters. The molecule has 0 aliphatic rings. The van der Waals surface area contributed by atoms with Gasteiger partial charge < -0.3 is 0 Å². The lowest BCUT2D eigenvalue weighted by molar-refractivity contribution is 0.651. The van der Waals surface area contributed by atoms with Crippen LogP contribution in [0.1, 0.15) is 0 Å². The van der Waals surface area contributed by atoms with Gasteiger partial charge in [0.25, 0.3) is 0 Å². The summed E-state index contributed by atoms with van der Waals surface area (Å²) in [6.45, 7) is 0. The van der Waals surface area contributed by atoms with Gasteiger partial charge in [0.1, 0.15) is 6.33 Å². The Bertz CT molecular complexity index is 396. The fourth-order valence-electron chi connectivity index (χ4n) is 0.948. The molecule has 0 bridgehead atoms. The van der Waals surface area contributed by atoms with Crippen molar-refractivity contribution in [3.63, 3.8) is 0 Å². The third-order valence-electron chi connectivity index (χ3n) is 1.54. The molecule has 0 saturated heterocycles. The maximum Gasteiger partial charge on any atom is 0.181 e. The van der Waals surface area contributed by atoms with Crippen molar-refractivity contribution in [2.45, 2.75) is 0 Å². The minimum atomic E-state index is 0.00589. The molecule has 0 saturated carbocycles. The van der Waals surface area contributed by atoms with E-state index in [0.29, 0.717) is 0 Å². The second-order valence-corrected chi connectivity index (χ2v) is 2.36. The van der Waals surface area contributed by atoms with Crippen molar-refractivity contribution in [1.29, 1.82) is 0 Å². The van der Waals surface area contributed by atoms with E-state index < -0.39 is 0 Å². The molecule has 60 valence electrons. The van der Waals surface area contributed by atoms with Crippen molar-refractivity contribution in [2.24, 2.45) is 0 Å². The zero-order chi connectivity index (χ0) is 8.39. The molecule has 0 aromatic carbocycles. The average Bonchev–Trinajstić information content (AvgIpc) is 2.58. The molecule has 12 heavy (non-hydrogen) atoms. The van der Waals surface area contributed by atoms with Crippen LogP contribution in [0.25, 0.3) is 0 Å². The molecule has 0 amide bonds. The van der Waals surface area contributed by atoms with Gasteiger partial charge in [0.05, 0.1) is 0 Å². The summed E-state index contributed by atoms with van der Waals surface area (Å²) in [7, 11) is 0. The second kappa shape index (κ2) is 2.65. The lowest BCUT2D eigenvalue weighted by Crippen LogP contribution is -2.09. The summed E-state index contributed by atoms with van der Waals surface area (Å²) in [5, 5.41) is 0. The third kappa shape index (κ3) is 1.14. The molecule has 0 unspecified atom stereocenters. The van der Waals surface area contributed by atoms with Crippen LogP contribution in [0.3, 0.4) is 0 Å². The highest BCUT2D eigenvalue weighted by Crippen LogP contribution is 1.87. The molecule has 0 radical (unpaired) electrons. The average molecular weight is 161 g/mol. The SMILES string of the molecule is O=c1ccn(-n2ccnc2)cc1. The standard InChI is InChI=1S/C8H7N3O/c12-8-1-4-10(5-2-8)11-6-3-9-7-11/h1-7H. The van der Waals surface area contributed by atoms with E-state index in [-0.39, 0.29) is 5.43 Å². The van der Waals surface area contributed by atoms with Crippen molar-refractivity contribution in [3.05, 3.63) is 53.5 Å². The van der Waals surface area contributed by atoms with Crippen LogP contribution < -0.4 is 5.43 Å². The molecule has 2 rings (SSSR count). The molecule has 0 aliphatic heterocycles. The van der Waals surface area contributed by atoms with Gasteiger partial charge in [-0.05, 0) is 0 Å². The first-order valence-electron chi connectivity index (χ1n) is 3.53. The van der Waals surface area contributed by atoms with Gasteiger partial charge in [0.15, 0.2) is 5.43 Å². The zero-order valence-corrected chi connectivity index (χ0v) is 6.29. The molecule has 0 aliphatic carbocycles. The van der Waals surface area contributed by atoms with Crippen LogP contribution >= 0.6 is 0 Å². The van der Waals surface area contributed by atoms with Gasteiger partial charge >= 0.3 is 0 Å². The fraction of sp³-hybridized carbons (Fsp3) is 0. The van der Waals surface area contributed by atoms with Crippen LogP contribution in [-0.2, 0) is 0 Å². The minimum Gasteiger partial charge on any atom is -0.290 e. The number of hydrogen-bond donors (Lipinski definition) is 0. The summed E-state index contributed by atoms with van der Waals surface area (Å²) in [6.07, 6.45) is 8.50. The Morgan fingerprint density at radius 2 is 1.83 bits per heavy atom.